The van der Waals surface area contributed by atoms with Crippen molar-refractivity contribution >= 4 is 53.6 Å². The molecule has 0 spiro atoms. The van der Waals surface area contributed by atoms with Crippen molar-refractivity contribution in [3.05, 3.63) is 94.7 Å². The van der Waals surface area contributed by atoms with E-state index in [1.165, 1.54) is 64.3 Å². The molecule has 0 nitrogen and oxygen atoms in total. The molecule has 0 saturated heterocycles. The Morgan fingerprint density at radius 3 is 2.24 bits per heavy atom. The lowest BCUT2D eigenvalue weighted by molar-refractivity contribution is 1.29. The molecule has 0 aliphatic heterocycles. The van der Waals surface area contributed by atoms with Gasteiger partial charge in [-0.1, -0.05) is 36.4 Å². The van der Waals surface area contributed by atoms with Crippen LogP contribution in [0.1, 0.15) is 11.1 Å². The van der Waals surface area contributed by atoms with Crippen molar-refractivity contribution in [3.8, 4) is 22.3 Å². The van der Waals surface area contributed by atoms with Crippen molar-refractivity contribution < 1.29 is 0 Å². The largest absolute Gasteiger partial charge is 0.144 e. The molecule has 7 rings (SSSR count). The lowest BCUT2D eigenvalue weighted by atomic mass is 9.95. The molecular formula is C27H16S2. The summed E-state index contributed by atoms with van der Waals surface area (Å²) in [5.74, 6) is 0. The fourth-order valence-corrected chi connectivity index (χ4v) is 6.43. The van der Waals surface area contributed by atoms with Crippen LogP contribution in [0.2, 0.25) is 0 Å². The van der Waals surface area contributed by atoms with Gasteiger partial charge in [0.05, 0.1) is 0 Å². The molecule has 0 radical (unpaired) electrons. The summed E-state index contributed by atoms with van der Waals surface area (Å²) in [6.45, 7) is 0. The van der Waals surface area contributed by atoms with Crippen LogP contribution in [0.4, 0.5) is 0 Å². The second-order valence-electron chi connectivity index (χ2n) is 7.85. The Kier molecular flexibility index (Phi) is 3.18. The molecule has 1 aliphatic carbocycles. The molecule has 6 aromatic rings. The van der Waals surface area contributed by atoms with Gasteiger partial charge < -0.3 is 0 Å². The minimum absolute atomic E-state index is 1.04. The molecule has 2 heteroatoms. The van der Waals surface area contributed by atoms with Gasteiger partial charge in [-0.3, -0.25) is 0 Å². The molecule has 0 bridgehead atoms. The number of hydrogen-bond acceptors (Lipinski definition) is 2. The van der Waals surface area contributed by atoms with E-state index in [4.69, 9.17) is 0 Å². The Morgan fingerprint density at radius 2 is 1.31 bits per heavy atom. The third-order valence-corrected chi connectivity index (χ3v) is 8.02. The second kappa shape index (κ2) is 5.79. The van der Waals surface area contributed by atoms with Gasteiger partial charge in [0.15, 0.2) is 0 Å². The van der Waals surface area contributed by atoms with Gasteiger partial charge in [0.2, 0.25) is 0 Å². The molecule has 0 unspecified atom stereocenters. The van der Waals surface area contributed by atoms with Crippen molar-refractivity contribution in [3.63, 3.8) is 0 Å². The average molecular weight is 405 g/mol. The first-order chi connectivity index (χ1) is 14.3. The number of thiophene rings is 2. The second-order valence-corrected chi connectivity index (χ2v) is 9.74. The molecule has 0 amide bonds. The van der Waals surface area contributed by atoms with E-state index in [0.717, 1.165) is 6.42 Å². The highest BCUT2D eigenvalue weighted by Crippen LogP contribution is 2.43. The summed E-state index contributed by atoms with van der Waals surface area (Å²) >= 11 is 3.64. The maximum Gasteiger partial charge on any atom is 0.0349 e. The van der Waals surface area contributed by atoms with Crippen LogP contribution in [0.5, 0.6) is 0 Å². The van der Waals surface area contributed by atoms with Gasteiger partial charge in [0.25, 0.3) is 0 Å². The van der Waals surface area contributed by atoms with Crippen molar-refractivity contribution in [1.82, 2.24) is 0 Å². The van der Waals surface area contributed by atoms with Crippen LogP contribution < -0.4 is 0 Å². The summed E-state index contributed by atoms with van der Waals surface area (Å²) in [6, 6.07) is 27.6. The number of benzene rings is 4. The van der Waals surface area contributed by atoms with Crippen LogP contribution in [0, 0.1) is 0 Å². The Bertz CT molecular complexity index is 1580. The Morgan fingerprint density at radius 1 is 0.552 bits per heavy atom. The molecule has 0 atom stereocenters. The lowest BCUT2D eigenvalue weighted by Crippen LogP contribution is -1.86. The average Bonchev–Trinajstić information content (AvgIpc) is 3.48. The highest BCUT2D eigenvalue weighted by molar-refractivity contribution is 7.17. The van der Waals surface area contributed by atoms with E-state index in [1.807, 2.05) is 22.7 Å². The normalized spacial score (nSPS) is 12.7. The monoisotopic (exact) mass is 404 g/mol. The quantitative estimate of drug-likeness (QED) is 0.257. The smallest absolute Gasteiger partial charge is 0.0349 e. The van der Waals surface area contributed by atoms with Gasteiger partial charge in [-0.05, 0) is 109 Å². The molecule has 29 heavy (non-hydrogen) atoms. The third kappa shape index (κ3) is 2.30. The van der Waals surface area contributed by atoms with Gasteiger partial charge in [-0.25, -0.2) is 0 Å². The molecular weight excluding hydrogens is 388 g/mol. The molecule has 0 N–H and O–H groups in total. The summed E-state index contributed by atoms with van der Waals surface area (Å²) in [5, 5.41) is 9.79. The maximum absolute atomic E-state index is 2.39. The van der Waals surface area contributed by atoms with Crippen molar-refractivity contribution in [2.45, 2.75) is 6.42 Å². The van der Waals surface area contributed by atoms with E-state index < -0.39 is 0 Å². The highest BCUT2D eigenvalue weighted by atomic mass is 32.1. The Hall–Kier alpha value is -2.94. The molecule has 4 aromatic carbocycles. The topological polar surface area (TPSA) is 0 Å². The first-order valence-corrected chi connectivity index (χ1v) is 11.6. The van der Waals surface area contributed by atoms with Gasteiger partial charge in [0, 0.05) is 9.40 Å². The molecule has 1 aliphatic rings. The van der Waals surface area contributed by atoms with E-state index in [0.29, 0.717) is 0 Å². The number of fused-ring (bicyclic) bond motifs is 7. The van der Waals surface area contributed by atoms with Gasteiger partial charge >= 0.3 is 0 Å². The molecule has 2 heterocycles. The van der Waals surface area contributed by atoms with Gasteiger partial charge in [-0.15, -0.1) is 22.7 Å². The summed E-state index contributed by atoms with van der Waals surface area (Å²) in [7, 11) is 0. The number of rotatable bonds is 1. The maximum atomic E-state index is 2.39. The van der Waals surface area contributed by atoms with E-state index in [2.05, 4.69) is 83.6 Å². The summed E-state index contributed by atoms with van der Waals surface area (Å²) in [5.41, 5.74) is 8.37. The zero-order chi connectivity index (χ0) is 18.9. The lowest BCUT2D eigenvalue weighted by Gasteiger charge is -2.09. The van der Waals surface area contributed by atoms with E-state index in [9.17, 15) is 0 Å². The Labute approximate surface area is 176 Å². The fourth-order valence-electron chi connectivity index (χ4n) is 4.79. The van der Waals surface area contributed by atoms with E-state index in [-0.39, 0.29) is 0 Å². The Balaban J connectivity index is 1.39. The SMILES string of the molecule is c1cc2ccc(-c3ccc4c5c(ccc4c3)-c3cc4sccc4cc3C5)cc2s1. The van der Waals surface area contributed by atoms with E-state index in [1.54, 1.807) is 0 Å². The zero-order valence-corrected chi connectivity index (χ0v) is 17.2. The van der Waals surface area contributed by atoms with Crippen LogP contribution in [0.3, 0.4) is 0 Å². The summed E-state index contributed by atoms with van der Waals surface area (Å²) in [6.07, 6.45) is 1.04. The fraction of sp³-hybridized carbons (Fsp3) is 0.0370. The zero-order valence-electron chi connectivity index (χ0n) is 15.6. The van der Waals surface area contributed by atoms with Crippen LogP contribution in [0.15, 0.2) is 83.6 Å². The van der Waals surface area contributed by atoms with Crippen molar-refractivity contribution in [2.24, 2.45) is 0 Å². The van der Waals surface area contributed by atoms with Crippen molar-refractivity contribution in [1.29, 1.82) is 0 Å². The molecule has 2 aromatic heterocycles. The van der Waals surface area contributed by atoms with Crippen LogP contribution >= 0.6 is 22.7 Å². The van der Waals surface area contributed by atoms with E-state index >= 15 is 0 Å². The first kappa shape index (κ1) is 15.9. The van der Waals surface area contributed by atoms with Gasteiger partial charge in [-0.2, -0.15) is 0 Å². The minimum atomic E-state index is 1.04. The molecule has 0 saturated carbocycles. The standard InChI is InChI=1S/C27H16S2/c1-2-18(14-26-16(1)7-9-28-26)17-3-5-22-19(11-17)4-6-23-24-15-27-20(8-10-29-27)12-21(24)13-25(22)23/h1-12,14-15H,13H2. The number of hydrogen-bond donors (Lipinski definition) is 0. The van der Waals surface area contributed by atoms with Gasteiger partial charge in [0.1, 0.15) is 0 Å². The first-order valence-electron chi connectivity index (χ1n) is 9.87. The minimum Gasteiger partial charge on any atom is -0.144 e. The molecule has 0 fully saturated rings. The molecule has 136 valence electrons. The van der Waals surface area contributed by atoms with Crippen LogP contribution in [0.25, 0.3) is 53.2 Å². The van der Waals surface area contributed by atoms with Crippen molar-refractivity contribution in [2.75, 3.05) is 0 Å². The highest BCUT2D eigenvalue weighted by Gasteiger charge is 2.21. The van der Waals surface area contributed by atoms with Crippen LogP contribution in [-0.4, -0.2) is 0 Å². The third-order valence-electron chi connectivity index (χ3n) is 6.26. The summed E-state index contributed by atoms with van der Waals surface area (Å²) < 4.78 is 2.74. The predicted molar refractivity (Wildman–Crippen MR) is 128 cm³/mol. The summed E-state index contributed by atoms with van der Waals surface area (Å²) in [4.78, 5) is 0. The predicted octanol–water partition coefficient (Wildman–Crippen LogP) is 8.51. The van der Waals surface area contributed by atoms with Crippen LogP contribution in [-0.2, 0) is 6.42 Å².